The Balaban J connectivity index is 1.54. The molecule has 0 saturated carbocycles. The number of para-hydroxylation sites is 1. The third kappa shape index (κ3) is 5.06. The maximum absolute atomic E-state index is 13.8. The van der Waals surface area contributed by atoms with Crippen molar-refractivity contribution in [3.05, 3.63) is 71.2 Å². The van der Waals surface area contributed by atoms with Gasteiger partial charge in [0.05, 0.1) is 24.0 Å². The summed E-state index contributed by atoms with van der Waals surface area (Å²) in [7, 11) is 1.57. The average molecular weight is 472 g/mol. The molecule has 180 valence electrons. The number of aromatic nitrogens is 3. The molecule has 1 saturated heterocycles. The number of pyridine rings is 1. The molecular formula is C23H26F2N6O3. The van der Waals surface area contributed by atoms with E-state index in [1.807, 2.05) is 44.2 Å². The second-order valence-electron chi connectivity index (χ2n) is 7.96. The predicted octanol–water partition coefficient (Wildman–Crippen LogP) is 3.29. The topological polar surface area (TPSA) is 93.5 Å². The van der Waals surface area contributed by atoms with Gasteiger partial charge in [0.15, 0.2) is 5.82 Å². The lowest BCUT2D eigenvalue weighted by atomic mass is 10.0. The second kappa shape index (κ2) is 10.2. The molecule has 2 N–H and O–H groups in total. The molecule has 0 aliphatic carbocycles. The minimum atomic E-state index is -1.19. The number of benzene rings is 1. The first-order valence-corrected chi connectivity index (χ1v) is 10.8. The second-order valence-corrected chi connectivity index (χ2v) is 7.96. The van der Waals surface area contributed by atoms with Crippen molar-refractivity contribution < 1.29 is 23.1 Å². The number of urea groups is 1. The SMILES string of the molecule is COCCN1C[C@@H](NC(=O)Nc2c(C)c(C)nn2-c2ccccc2)[C@H](c2cnc(F)c(F)c2)O1. The Labute approximate surface area is 195 Å². The van der Waals surface area contributed by atoms with Crippen LogP contribution in [0.15, 0.2) is 42.6 Å². The zero-order chi connectivity index (χ0) is 24.2. The molecular weight excluding hydrogens is 446 g/mol. The number of nitrogens with one attached hydrogen (secondary N) is 2. The Morgan fingerprint density at radius 2 is 2.03 bits per heavy atom. The minimum absolute atomic E-state index is 0.311. The summed E-state index contributed by atoms with van der Waals surface area (Å²) in [5, 5.41) is 11.9. The van der Waals surface area contributed by atoms with Crippen molar-refractivity contribution in [3.8, 4) is 5.69 Å². The molecule has 3 aromatic rings. The number of aryl methyl sites for hydroxylation is 1. The van der Waals surface area contributed by atoms with Gasteiger partial charge in [-0.25, -0.2) is 18.9 Å². The fourth-order valence-electron chi connectivity index (χ4n) is 3.76. The summed E-state index contributed by atoms with van der Waals surface area (Å²) >= 11 is 0. The van der Waals surface area contributed by atoms with Gasteiger partial charge in [-0.05, 0) is 32.0 Å². The van der Waals surface area contributed by atoms with Crippen molar-refractivity contribution in [1.29, 1.82) is 0 Å². The fraction of sp³-hybridized carbons (Fsp3) is 0.348. The summed E-state index contributed by atoms with van der Waals surface area (Å²) in [6.45, 7) is 4.89. The zero-order valence-corrected chi connectivity index (χ0v) is 19.1. The maximum atomic E-state index is 13.8. The van der Waals surface area contributed by atoms with E-state index < -0.39 is 29.9 Å². The first kappa shape index (κ1) is 23.7. The van der Waals surface area contributed by atoms with E-state index in [4.69, 9.17) is 9.57 Å². The van der Waals surface area contributed by atoms with Crippen LogP contribution in [0.2, 0.25) is 0 Å². The summed E-state index contributed by atoms with van der Waals surface area (Å²) < 4.78 is 33.9. The van der Waals surface area contributed by atoms with Gasteiger partial charge in [0.1, 0.15) is 11.9 Å². The van der Waals surface area contributed by atoms with Gasteiger partial charge in [0, 0.05) is 37.5 Å². The lowest BCUT2D eigenvalue weighted by molar-refractivity contribution is -0.154. The number of carbonyl (C=O) groups excluding carboxylic acids is 1. The molecule has 34 heavy (non-hydrogen) atoms. The molecule has 1 aromatic carbocycles. The molecule has 0 bridgehead atoms. The minimum Gasteiger partial charge on any atom is -0.383 e. The summed E-state index contributed by atoms with van der Waals surface area (Å²) in [4.78, 5) is 22.4. The fourth-order valence-corrected chi connectivity index (χ4v) is 3.76. The van der Waals surface area contributed by atoms with Gasteiger partial charge < -0.3 is 10.1 Å². The Kier molecular flexibility index (Phi) is 7.15. The summed E-state index contributed by atoms with van der Waals surface area (Å²) in [5.74, 6) is -1.75. The maximum Gasteiger partial charge on any atom is 0.320 e. The monoisotopic (exact) mass is 472 g/mol. The van der Waals surface area contributed by atoms with Gasteiger partial charge in [-0.1, -0.05) is 18.2 Å². The molecule has 0 radical (unpaired) electrons. The molecule has 11 heteroatoms. The highest BCUT2D eigenvalue weighted by Crippen LogP contribution is 2.30. The van der Waals surface area contributed by atoms with Crippen LogP contribution in [0.4, 0.5) is 19.4 Å². The standard InChI is InChI=1S/C23H26F2N6O3/c1-14-15(2)29-31(17-7-5-4-6-8-17)22(14)28-23(32)27-19-13-30(9-10-33-3)34-20(19)16-11-18(24)21(25)26-12-16/h4-8,11-12,19-20H,9-10,13H2,1-3H3,(H2,27,28,32)/t19-,20+/m1/s1. The molecule has 1 aliphatic heterocycles. The van der Waals surface area contributed by atoms with Crippen LogP contribution < -0.4 is 10.6 Å². The summed E-state index contributed by atoms with van der Waals surface area (Å²) in [5.41, 5.74) is 2.71. The number of rotatable bonds is 7. The Morgan fingerprint density at radius 3 is 2.74 bits per heavy atom. The largest absolute Gasteiger partial charge is 0.383 e. The molecule has 3 heterocycles. The van der Waals surface area contributed by atoms with E-state index in [-0.39, 0.29) is 0 Å². The number of nitrogens with zero attached hydrogens (tertiary/aromatic N) is 4. The van der Waals surface area contributed by atoms with E-state index in [1.165, 1.54) is 6.20 Å². The highest BCUT2D eigenvalue weighted by Gasteiger charge is 2.37. The number of carbonyl (C=O) groups is 1. The van der Waals surface area contributed by atoms with Crippen molar-refractivity contribution in [2.45, 2.75) is 26.0 Å². The number of hydrogen-bond acceptors (Lipinski definition) is 6. The van der Waals surface area contributed by atoms with Gasteiger partial charge in [-0.15, -0.1) is 0 Å². The quantitative estimate of drug-likeness (QED) is 0.513. The van der Waals surface area contributed by atoms with Gasteiger partial charge >= 0.3 is 6.03 Å². The first-order chi connectivity index (χ1) is 16.4. The van der Waals surface area contributed by atoms with Crippen molar-refractivity contribution in [1.82, 2.24) is 25.1 Å². The van der Waals surface area contributed by atoms with E-state index in [0.29, 0.717) is 31.1 Å². The normalized spacial score (nSPS) is 18.3. The number of halogens is 2. The molecule has 0 spiro atoms. The Hall–Kier alpha value is -3.41. The number of methoxy groups -OCH3 is 1. The third-order valence-corrected chi connectivity index (χ3v) is 5.63. The summed E-state index contributed by atoms with van der Waals surface area (Å²) in [6, 6.07) is 9.43. The van der Waals surface area contributed by atoms with Crippen LogP contribution in [0.1, 0.15) is 22.9 Å². The third-order valence-electron chi connectivity index (χ3n) is 5.63. The van der Waals surface area contributed by atoms with Crippen LogP contribution in [-0.4, -0.2) is 58.7 Å². The highest BCUT2D eigenvalue weighted by atomic mass is 19.2. The number of ether oxygens (including phenoxy) is 1. The zero-order valence-electron chi connectivity index (χ0n) is 19.1. The highest BCUT2D eigenvalue weighted by molar-refractivity contribution is 5.90. The van der Waals surface area contributed by atoms with Crippen molar-refractivity contribution in [2.75, 3.05) is 32.1 Å². The van der Waals surface area contributed by atoms with Crippen molar-refractivity contribution in [2.24, 2.45) is 0 Å². The smallest absolute Gasteiger partial charge is 0.320 e. The van der Waals surface area contributed by atoms with Crippen LogP contribution in [0, 0.1) is 25.6 Å². The number of hydrogen-bond donors (Lipinski definition) is 2. The van der Waals surface area contributed by atoms with Crippen LogP contribution in [-0.2, 0) is 9.57 Å². The predicted molar refractivity (Wildman–Crippen MR) is 120 cm³/mol. The molecule has 1 aliphatic rings. The van der Waals surface area contributed by atoms with Gasteiger partial charge in [-0.2, -0.15) is 14.6 Å². The summed E-state index contributed by atoms with van der Waals surface area (Å²) in [6.07, 6.45) is 0.445. The molecule has 9 nitrogen and oxygen atoms in total. The van der Waals surface area contributed by atoms with Crippen LogP contribution >= 0.6 is 0 Å². The van der Waals surface area contributed by atoms with E-state index >= 15 is 0 Å². The van der Waals surface area contributed by atoms with Gasteiger partial charge in [0.25, 0.3) is 0 Å². The lowest BCUT2D eigenvalue weighted by Gasteiger charge is -2.19. The van der Waals surface area contributed by atoms with E-state index in [9.17, 15) is 13.6 Å². The average Bonchev–Trinajstić information content (AvgIpc) is 3.35. The van der Waals surface area contributed by atoms with Gasteiger partial charge in [0.2, 0.25) is 5.95 Å². The first-order valence-electron chi connectivity index (χ1n) is 10.8. The molecule has 2 atom stereocenters. The Morgan fingerprint density at radius 1 is 1.26 bits per heavy atom. The number of anilines is 1. The molecule has 2 aromatic heterocycles. The van der Waals surface area contributed by atoms with Crippen LogP contribution in [0.5, 0.6) is 0 Å². The van der Waals surface area contributed by atoms with E-state index in [0.717, 1.165) is 23.0 Å². The van der Waals surface area contributed by atoms with Gasteiger partial charge in [-0.3, -0.25) is 10.2 Å². The molecule has 1 fully saturated rings. The van der Waals surface area contributed by atoms with E-state index in [1.54, 1.807) is 16.9 Å². The molecule has 0 unspecified atom stereocenters. The van der Waals surface area contributed by atoms with E-state index in [2.05, 4.69) is 20.7 Å². The number of amides is 2. The van der Waals surface area contributed by atoms with Crippen LogP contribution in [0.3, 0.4) is 0 Å². The lowest BCUT2D eigenvalue weighted by Crippen LogP contribution is -2.42. The number of hydroxylamine groups is 2. The van der Waals surface area contributed by atoms with Crippen LogP contribution in [0.25, 0.3) is 5.69 Å². The molecule has 2 amide bonds. The van der Waals surface area contributed by atoms with Crippen molar-refractivity contribution >= 4 is 11.8 Å². The van der Waals surface area contributed by atoms with Crippen molar-refractivity contribution in [3.63, 3.8) is 0 Å². The Bertz CT molecular complexity index is 1160. The molecule has 4 rings (SSSR count).